The van der Waals surface area contributed by atoms with E-state index >= 15 is 0 Å². The van der Waals surface area contributed by atoms with Crippen LogP contribution in [0.2, 0.25) is 5.02 Å². The fraction of sp³-hybridized carbons (Fsp3) is 0.350. The predicted octanol–water partition coefficient (Wildman–Crippen LogP) is 2.42. The van der Waals surface area contributed by atoms with Crippen molar-refractivity contribution in [1.29, 1.82) is 0 Å². The minimum Gasteiger partial charge on any atom is -0.492 e. The molecule has 2 aliphatic heterocycles. The number of hydrogen-bond donors (Lipinski definition) is 0. The van der Waals surface area contributed by atoms with Crippen molar-refractivity contribution < 1.29 is 17.9 Å². The van der Waals surface area contributed by atoms with Crippen LogP contribution in [0.25, 0.3) is 0 Å². The van der Waals surface area contributed by atoms with Crippen molar-refractivity contribution in [3.8, 4) is 5.75 Å². The first-order valence-corrected chi connectivity index (χ1v) is 11.0. The summed E-state index contributed by atoms with van der Waals surface area (Å²) in [6, 6.07) is 13.9. The van der Waals surface area contributed by atoms with Gasteiger partial charge in [0.1, 0.15) is 12.4 Å². The molecule has 0 bridgehead atoms. The molecular weight excluding hydrogens is 400 g/mol. The summed E-state index contributed by atoms with van der Waals surface area (Å²) in [5.74, 6) is 0.637. The Morgan fingerprint density at radius 1 is 1.00 bits per heavy atom. The molecule has 2 heterocycles. The largest absolute Gasteiger partial charge is 0.492 e. The van der Waals surface area contributed by atoms with Gasteiger partial charge in [-0.15, -0.1) is 0 Å². The third-order valence-corrected chi connectivity index (χ3v) is 7.39. The molecular formula is C20H21ClN2O4S. The molecule has 28 heavy (non-hydrogen) atoms. The summed E-state index contributed by atoms with van der Waals surface area (Å²) in [5.41, 5.74) is 1.04. The number of ether oxygens (including phenoxy) is 1. The first-order chi connectivity index (χ1) is 13.4. The smallest absolute Gasteiger partial charge is 0.243 e. The van der Waals surface area contributed by atoms with Gasteiger partial charge in [-0.2, -0.15) is 4.31 Å². The van der Waals surface area contributed by atoms with Gasteiger partial charge in [0.05, 0.1) is 10.8 Å². The van der Waals surface area contributed by atoms with Crippen LogP contribution in [-0.2, 0) is 21.2 Å². The molecule has 0 saturated carbocycles. The Labute approximate surface area is 169 Å². The van der Waals surface area contributed by atoms with Crippen LogP contribution in [0, 0.1) is 5.92 Å². The lowest BCUT2D eigenvalue weighted by atomic mass is 9.95. The Morgan fingerprint density at radius 3 is 2.39 bits per heavy atom. The van der Waals surface area contributed by atoms with Gasteiger partial charge in [-0.05, 0) is 42.3 Å². The lowest BCUT2D eigenvalue weighted by molar-refractivity contribution is -0.138. The zero-order valence-electron chi connectivity index (χ0n) is 15.3. The van der Waals surface area contributed by atoms with Gasteiger partial charge in [-0.1, -0.05) is 29.8 Å². The molecule has 2 aromatic carbocycles. The number of para-hydroxylation sites is 1. The van der Waals surface area contributed by atoms with E-state index in [0.717, 1.165) is 11.3 Å². The molecule has 1 saturated heterocycles. The van der Waals surface area contributed by atoms with Gasteiger partial charge in [-0.25, -0.2) is 8.42 Å². The zero-order valence-corrected chi connectivity index (χ0v) is 16.8. The average Bonchev–Trinajstić information content (AvgIpc) is 2.73. The van der Waals surface area contributed by atoms with E-state index in [9.17, 15) is 13.2 Å². The highest BCUT2D eigenvalue weighted by molar-refractivity contribution is 7.89. The minimum atomic E-state index is -3.58. The summed E-state index contributed by atoms with van der Waals surface area (Å²) in [6.45, 7) is 1.68. The number of rotatable bonds is 3. The third kappa shape index (κ3) is 3.74. The molecule has 1 fully saturated rings. The first kappa shape index (κ1) is 19.2. The molecule has 1 amide bonds. The summed E-state index contributed by atoms with van der Waals surface area (Å²) in [7, 11) is -3.58. The molecule has 0 radical (unpaired) electrons. The summed E-state index contributed by atoms with van der Waals surface area (Å²) >= 11 is 5.84. The Morgan fingerprint density at radius 2 is 1.68 bits per heavy atom. The number of carbonyl (C=O) groups is 1. The molecule has 0 aromatic heterocycles. The van der Waals surface area contributed by atoms with Crippen LogP contribution in [0.15, 0.2) is 53.4 Å². The van der Waals surface area contributed by atoms with Gasteiger partial charge in [-0.3, -0.25) is 4.79 Å². The molecule has 0 spiro atoms. The number of benzene rings is 2. The van der Waals surface area contributed by atoms with Crippen LogP contribution in [0.5, 0.6) is 5.75 Å². The number of fused-ring (bicyclic) bond motifs is 1. The monoisotopic (exact) mass is 420 g/mol. The lowest BCUT2D eigenvalue weighted by Gasteiger charge is -2.36. The number of amides is 1. The number of halogens is 1. The van der Waals surface area contributed by atoms with Crippen molar-refractivity contribution in [2.75, 3.05) is 32.8 Å². The Balaban J connectivity index is 1.39. The molecule has 2 aromatic rings. The lowest BCUT2D eigenvalue weighted by Crippen LogP contribution is -2.52. The second-order valence-corrected chi connectivity index (χ2v) is 9.38. The second-order valence-electron chi connectivity index (χ2n) is 7.00. The minimum absolute atomic E-state index is 0.0260. The quantitative estimate of drug-likeness (QED) is 0.764. The number of piperazine rings is 1. The predicted molar refractivity (Wildman–Crippen MR) is 106 cm³/mol. The SMILES string of the molecule is O=C(C1COc2ccccc2C1)N1CCN(S(=O)(=O)c2ccc(Cl)cc2)CC1. The van der Waals surface area contributed by atoms with Gasteiger partial charge < -0.3 is 9.64 Å². The van der Waals surface area contributed by atoms with E-state index in [1.54, 1.807) is 17.0 Å². The van der Waals surface area contributed by atoms with Crippen molar-refractivity contribution >= 4 is 27.5 Å². The highest BCUT2D eigenvalue weighted by Gasteiger charge is 2.34. The number of sulfonamides is 1. The number of carbonyl (C=O) groups excluding carboxylic acids is 1. The number of nitrogens with zero attached hydrogens (tertiary/aromatic N) is 2. The summed E-state index contributed by atoms with van der Waals surface area (Å²) < 4.78 is 32.7. The van der Waals surface area contributed by atoms with Gasteiger partial charge in [0.2, 0.25) is 15.9 Å². The fourth-order valence-corrected chi connectivity index (χ4v) is 5.20. The van der Waals surface area contributed by atoms with Crippen molar-refractivity contribution in [2.24, 2.45) is 5.92 Å². The van der Waals surface area contributed by atoms with Gasteiger partial charge >= 0.3 is 0 Å². The highest BCUT2D eigenvalue weighted by Crippen LogP contribution is 2.28. The average molecular weight is 421 g/mol. The molecule has 4 rings (SSSR count). The summed E-state index contributed by atoms with van der Waals surface area (Å²) in [6.07, 6.45) is 0.651. The van der Waals surface area contributed by atoms with Crippen molar-refractivity contribution in [2.45, 2.75) is 11.3 Å². The Bertz CT molecular complexity index is 970. The van der Waals surface area contributed by atoms with E-state index in [2.05, 4.69) is 0 Å². The van der Waals surface area contributed by atoms with Crippen LogP contribution in [-0.4, -0.2) is 56.3 Å². The van der Waals surface area contributed by atoms with Gasteiger partial charge in [0.25, 0.3) is 0 Å². The maximum absolute atomic E-state index is 12.9. The third-order valence-electron chi connectivity index (χ3n) is 5.23. The molecule has 148 valence electrons. The molecule has 1 atom stereocenters. The van der Waals surface area contributed by atoms with E-state index in [0.29, 0.717) is 31.1 Å². The molecule has 1 unspecified atom stereocenters. The number of hydrogen-bond acceptors (Lipinski definition) is 4. The normalized spacial score (nSPS) is 20.3. The maximum atomic E-state index is 12.9. The topological polar surface area (TPSA) is 66.9 Å². The van der Waals surface area contributed by atoms with E-state index < -0.39 is 10.0 Å². The van der Waals surface area contributed by atoms with Crippen LogP contribution in [0.3, 0.4) is 0 Å². The maximum Gasteiger partial charge on any atom is 0.243 e. The molecule has 2 aliphatic rings. The first-order valence-electron chi connectivity index (χ1n) is 9.20. The van der Waals surface area contributed by atoms with Crippen molar-refractivity contribution in [1.82, 2.24) is 9.21 Å². The fourth-order valence-electron chi connectivity index (χ4n) is 3.65. The van der Waals surface area contributed by atoms with E-state index in [4.69, 9.17) is 16.3 Å². The van der Waals surface area contributed by atoms with Gasteiger partial charge in [0, 0.05) is 31.2 Å². The van der Waals surface area contributed by atoms with E-state index in [1.165, 1.54) is 16.4 Å². The van der Waals surface area contributed by atoms with Crippen molar-refractivity contribution in [3.05, 3.63) is 59.1 Å². The van der Waals surface area contributed by atoms with Crippen LogP contribution in [0.4, 0.5) is 0 Å². The molecule has 0 aliphatic carbocycles. The second kappa shape index (κ2) is 7.73. The van der Waals surface area contributed by atoms with E-state index in [-0.39, 0.29) is 29.8 Å². The molecule has 8 heteroatoms. The Kier molecular flexibility index (Phi) is 5.31. The zero-order chi connectivity index (χ0) is 19.7. The molecule has 6 nitrogen and oxygen atoms in total. The molecule has 0 N–H and O–H groups in total. The van der Waals surface area contributed by atoms with Crippen LogP contribution >= 0.6 is 11.6 Å². The Hall–Kier alpha value is -2.09. The van der Waals surface area contributed by atoms with Crippen molar-refractivity contribution in [3.63, 3.8) is 0 Å². The van der Waals surface area contributed by atoms with E-state index in [1.807, 2.05) is 24.3 Å². The highest BCUT2D eigenvalue weighted by atomic mass is 35.5. The van der Waals surface area contributed by atoms with Crippen LogP contribution in [0.1, 0.15) is 5.56 Å². The van der Waals surface area contributed by atoms with Gasteiger partial charge in [0.15, 0.2) is 0 Å². The standard InChI is InChI=1S/C20H21ClN2O4S/c21-17-5-7-18(8-6-17)28(25,26)23-11-9-22(10-12-23)20(24)16-13-15-3-1-2-4-19(15)27-14-16/h1-8,16H,9-14H2. The summed E-state index contributed by atoms with van der Waals surface area (Å²) in [4.78, 5) is 14.9. The summed E-state index contributed by atoms with van der Waals surface area (Å²) in [5, 5.41) is 0.491. The van der Waals surface area contributed by atoms with Crippen LogP contribution < -0.4 is 4.74 Å².